The summed E-state index contributed by atoms with van der Waals surface area (Å²) >= 11 is 0. The van der Waals surface area contributed by atoms with Crippen molar-refractivity contribution in [3.63, 3.8) is 0 Å². The topological polar surface area (TPSA) is 66.6 Å². The first kappa shape index (κ1) is 15.0. The van der Waals surface area contributed by atoms with Gasteiger partial charge in [0.1, 0.15) is 0 Å². The minimum Gasteiger partial charge on any atom is -0.481 e. The molecule has 0 amide bonds. The van der Waals surface area contributed by atoms with Crippen LogP contribution in [0.3, 0.4) is 0 Å². The van der Waals surface area contributed by atoms with Crippen LogP contribution < -0.4 is 5.73 Å². The largest absolute Gasteiger partial charge is 0.481 e. The van der Waals surface area contributed by atoms with E-state index in [1.165, 1.54) is 5.56 Å². The quantitative estimate of drug-likeness (QED) is 0.862. The molecule has 20 heavy (non-hydrogen) atoms. The number of hydrogen-bond donors (Lipinski definition) is 2. The van der Waals surface area contributed by atoms with Gasteiger partial charge in [-0.3, -0.25) is 9.69 Å². The lowest BCUT2D eigenvalue weighted by Crippen LogP contribution is -2.37. The fourth-order valence-corrected chi connectivity index (χ4v) is 3.06. The number of nitrogens with two attached hydrogens (primary N) is 1. The van der Waals surface area contributed by atoms with Crippen LogP contribution in [0.5, 0.6) is 0 Å². The second kappa shape index (κ2) is 7.41. The minimum atomic E-state index is -0.751. The fourth-order valence-electron chi connectivity index (χ4n) is 3.06. The highest BCUT2D eigenvalue weighted by atomic mass is 16.4. The van der Waals surface area contributed by atoms with E-state index >= 15 is 0 Å². The summed E-state index contributed by atoms with van der Waals surface area (Å²) in [6, 6.07) is 10.4. The molecule has 0 radical (unpaired) electrons. The van der Waals surface area contributed by atoms with Gasteiger partial charge < -0.3 is 10.8 Å². The van der Waals surface area contributed by atoms with E-state index in [1.54, 1.807) is 0 Å². The van der Waals surface area contributed by atoms with Crippen LogP contribution in [0.15, 0.2) is 30.3 Å². The molecule has 1 saturated heterocycles. The van der Waals surface area contributed by atoms with Crippen LogP contribution in [-0.4, -0.2) is 35.6 Å². The summed E-state index contributed by atoms with van der Waals surface area (Å²) in [6.45, 7) is 3.01. The van der Waals surface area contributed by atoms with Crippen LogP contribution in [0, 0.1) is 11.8 Å². The van der Waals surface area contributed by atoms with E-state index in [9.17, 15) is 9.90 Å². The molecule has 2 rings (SSSR count). The first-order chi connectivity index (χ1) is 9.70. The summed E-state index contributed by atoms with van der Waals surface area (Å²) in [5, 5.41) is 9.29. The van der Waals surface area contributed by atoms with Crippen molar-refractivity contribution < 1.29 is 9.90 Å². The van der Waals surface area contributed by atoms with Gasteiger partial charge >= 0.3 is 5.97 Å². The maximum atomic E-state index is 11.3. The minimum absolute atomic E-state index is 0.170. The molecule has 1 aromatic carbocycles. The third kappa shape index (κ3) is 4.05. The lowest BCUT2D eigenvalue weighted by atomic mass is 9.88. The number of hydrogen-bond acceptors (Lipinski definition) is 3. The van der Waals surface area contributed by atoms with Gasteiger partial charge in [0.2, 0.25) is 0 Å². The second-order valence-corrected chi connectivity index (χ2v) is 5.66. The van der Waals surface area contributed by atoms with Crippen LogP contribution in [0.4, 0.5) is 0 Å². The monoisotopic (exact) mass is 276 g/mol. The standard InChI is InChI=1S/C16H24N2O2/c17-10-15(16(19)20)14-8-4-5-9-18(12-14)11-13-6-2-1-3-7-13/h1-3,6-7,14-15H,4-5,8-12,17H2,(H,19,20). The summed E-state index contributed by atoms with van der Waals surface area (Å²) in [7, 11) is 0. The van der Waals surface area contributed by atoms with Crippen LogP contribution in [0.2, 0.25) is 0 Å². The van der Waals surface area contributed by atoms with E-state index in [0.717, 1.165) is 38.9 Å². The Hall–Kier alpha value is -1.39. The molecule has 1 aliphatic heterocycles. The summed E-state index contributed by atoms with van der Waals surface area (Å²) in [5.74, 6) is -0.992. The molecule has 0 spiro atoms. The molecule has 0 aliphatic carbocycles. The van der Waals surface area contributed by atoms with Crippen molar-refractivity contribution in [3.8, 4) is 0 Å². The molecule has 4 nitrogen and oxygen atoms in total. The molecule has 1 aliphatic rings. The number of carboxylic acid groups (broad SMARTS) is 1. The highest BCUT2D eigenvalue weighted by Gasteiger charge is 2.29. The Labute approximate surface area is 120 Å². The zero-order valence-corrected chi connectivity index (χ0v) is 11.9. The van der Waals surface area contributed by atoms with Crippen molar-refractivity contribution in [2.75, 3.05) is 19.6 Å². The van der Waals surface area contributed by atoms with E-state index < -0.39 is 11.9 Å². The van der Waals surface area contributed by atoms with Gasteiger partial charge in [-0.1, -0.05) is 36.8 Å². The summed E-state index contributed by atoms with van der Waals surface area (Å²) in [4.78, 5) is 13.7. The SMILES string of the molecule is NCC(C(=O)O)C1CCCCN(Cc2ccccc2)C1. The third-order valence-electron chi connectivity index (χ3n) is 4.18. The molecule has 0 saturated carbocycles. The average molecular weight is 276 g/mol. The van der Waals surface area contributed by atoms with Gasteiger partial charge in [-0.2, -0.15) is 0 Å². The Morgan fingerprint density at radius 2 is 2.10 bits per heavy atom. The molecule has 2 unspecified atom stereocenters. The van der Waals surface area contributed by atoms with Crippen molar-refractivity contribution in [3.05, 3.63) is 35.9 Å². The molecular formula is C16H24N2O2. The number of benzene rings is 1. The van der Waals surface area contributed by atoms with E-state index in [0.29, 0.717) is 0 Å². The van der Waals surface area contributed by atoms with Crippen molar-refractivity contribution in [2.45, 2.75) is 25.8 Å². The van der Waals surface area contributed by atoms with Crippen LogP contribution in [0.1, 0.15) is 24.8 Å². The molecule has 0 aromatic heterocycles. The zero-order valence-electron chi connectivity index (χ0n) is 11.9. The number of carboxylic acids is 1. The number of nitrogens with zero attached hydrogens (tertiary/aromatic N) is 1. The van der Waals surface area contributed by atoms with E-state index in [2.05, 4.69) is 17.0 Å². The van der Waals surface area contributed by atoms with Crippen LogP contribution >= 0.6 is 0 Å². The van der Waals surface area contributed by atoms with Gasteiger partial charge in [0.15, 0.2) is 0 Å². The average Bonchev–Trinajstić information content (AvgIpc) is 2.66. The van der Waals surface area contributed by atoms with Crippen molar-refractivity contribution in [2.24, 2.45) is 17.6 Å². The molecule has 1 aromatic rings. The maximum absolute atomic E-state index is 11.3. The van der Waals surface area contributed by atoms with Gasteiger partial charge in [-0.05, 0) is 30.9 Å². The van der Waals surface area contributed by atoms with E-state index in [1.807, 2.05) is 18.2 Å². The number of aliphatic carboxylic acids is 1. The first-order valence-electron chi connectivity index (χ1n) is 7.40. The van der Waals surface area contributed by atoms with Gasteiger partial charge in [-0.15, -0.1) is 0 Å². The second-order valence-electron chi connectivity index (χ2n) is 5.66. The molecule has 2 atom stereocenters. The number of likely N-dealkylation sites (tertiary alicyclic amines) is 1. The van der Waals surface area contributed by atoms with Crippen molar-refractivity contribution in [1.29, 1.82) is 0 Å². The predicted molar refractivity (Wildman–Crippen MR) is 79.2 cm³/mol. The lowest BCUT2D eigenvalue weighted by molar-refractivity contribution is -0.143. The molecule has 0 bridgehead atoms. The smallest absolute Gasteiger partial charge is 0.308 e. The Kier molecular flexibility index (Phi) is 5.56. The number of rotatable bonds is 5. The molecule has 110 valence electrons. The van der Waals surface area contributed by atoms with Crippen LogP contribution in [-0.2, 0) is 11.3 Å². The highest BCUT2D eigenvalue weighted by molar-refractivity contribution is 5.70. The van der Waals surface area contributed by atoms with E-state index in [-0.39, 0.29) is 12.5 Å². The molecule has 3 N–H and O–H groups in total. The Morgan fingerprint density at radius 3 is 2.75 bits per heavy atom. The van der Waals surface area contributed by atoms with Crippen molar-refractivity contribution in [1.82, 2.24) is 4.90 Å². The third-order valence-corrected chi connectivity index (χ3v) is 4.18. The normalized spacial score (nSPS) is 22.1. The Bertz CT molecular complexity index is 422. The van der Waals surface area contributed by atoms with E-state index in [4.69, 9.17) is 5.73 Å². The zero-order chi connectivity index (χ0) is 14.4. The van der Waals surface area contributed by atoms with Gasteiger partial charge in [-0.25, -0.2) is 0 Å². The fraction of sp³-hybridized carbons (Fsp3) is 0.562. The molecule has 4 heteroatoms. The maximum Gasteiger partial charge on any atom is 0.308 e. The molecular weight excluding hydrogens is 252 g/mol. The molecule has 1 fully saturated rings. The summed E-state index contributed by atoms with van der Waals surface area (Å²) in [6.07, 6.45) is 3.21. The Morgan fingerprint density at radius 1 is 1.35 bits per heavy atom. The van der Waals surface area contributed by atoms with Gasteiger partial charge in [0.25, 0.3) is 0 Å². The first-order valence-corrected chi connectivity index (χ1v) is 7.40. The summed E-state index contributed by atoms with van der Waals surface area (Å²) < 4.78 is 0. The van der Waals surface area contributed by atoms with Crippen molar-refractivity contribution >= 4 is 5.97 Å². The Balaban J connectivity index is 2.01. The predicted octanol–water partition coefficient (Wildman–Crippen LogP) is 1.95. The van der Waals surface area contributed by atoms with Gasteiger partial charge in [0, 0.05) is 19.6 Å². The lowest BCUT2D eigenvalue weighted by Gasteiger charge is -2.27. The van der Waals surface area contributed by atoms with Gasteiger partial charge in [0.05, 0.1) is 5.92 Å². The number of carbonyl (C=O) groups is 1. The summed E-state index contributed by atoms with van der Waals surface area (Å²) in [5.41, 5.74) is 6.94. The molecule has 1 heterocycles. The highest BCUT2D eigenvalue weighted by Crippen LogP contribution is 2.24. The van der Waals surface area contributed by atoms with Crippen LogP contribution in [0.25, 0.3) is 0 Å².